The van der Waals surface area contributed by atoms with E-state index in [9.17, 15) is 9.59 Å². The molecule has 1 aliphatic carbocycles. The Kier molecular flexibility index (Phi) is 3.02. The van der Waals surface area contributed by atoms with Crippen LogP contribution in [0.2, 0.25) is 0 Å². The summed E-state index contributed by atoms with van der Waals surface area (Å²) in [5.41, 5.74) is 2.68. The third kappa shape index (κ3) is 1.57. The van der Waals surface area contributed by atoms with Gasteiger partial charge in [-0.1, -0.05) is 59.7 Å². The molecule has 24 heavy (non-hydrogen) atoms. The SMILES string of the molecule is CC(=O)C12C(=O)OCC1C2(c1ccc(C)cc1)c1ccc(C)cc1. The van der Waals surface area contributed by atoms with Crippen LogP contribution >= 0.6 is 0 Å². The van der Waals surface area contributed by atoms with Crippen molar-refractivity contribution in [2.45, 2.75) is 26.2 Å². The van der Waals surface area contributed by atoms with Gasteiger partial charge in [-0.3, -0.25) is 9.59 Å². The Labute approximate surface area is 141 Å². The van der Waals surface area contributed by atoms with Gasteiger partial charge in [-0.15, -0.1) is 0 Å². The predicted octanol–water partition coefficient (Wildman–Crippen LogP) is 3.35. The van der Waals surface area contributed by atoms with Gasteiger partial charge in [0.05, 0.1) is 12.0 Å². The van der Waals surface area contributed by atoms with Crippen molar-refractivity contribution in [3.8, 4) is 0 Å². The van der Waals surface area contributed by atoms with Crippen LogP contribution in [0, 0.1) is 25.2 Å². The van der Waals surface area contributed by atoms with E-state index in [-0.39, 0.29) is 17.7 Å². The molecule has 4 rings (SSSR count). The summed E-state index contributed by atoms with van der Waals surface area (Å²) in [6.45, 7) is 5.89. The number of benzene rings is 2. The molecule has 2 unspecified atom stereocenters. The Morgan fingerprint density at radius 1 is 0.958 bits per heavy atom. The molecule has 2 atom stereocenters. The first-order valence-corrected chi connectivity index (χ1v) is 8.28. The number of esters is 1. The first-order chi connectivity index (χ1) is 11.5. The maximum absolute atomic E-state index is 12.6. The Hall–Kier alpha value is -2.42. The molecule has 2 aliphatic rings. The highest BCUT2D eigenvalue weighted by molar-refractivity contribution is 6.12. The van der Waals surface area contributed by atoms with Crippen molar-refractivity contribution in [1.29, 1.82) is 0 Å². The van der Waals surface area contributed by atoms with Gasteiger partial charge in [0.25, 0.3) is 0 Å². The van der Waals surface area contributed by atoms with Crippen LogP contribution in [0.3, 0.4) is 0 Å². The Morgan fingerprint density at radius 2 is 1.42 bits per heavy atom. The second-order valence-electron chi connectivity index (χ2n) is 7.06. The van der Waals surface area contributed by atoms with Crippen LogP contribution in [0.25, 0.3) is 0 Å². The zero-order valence-corrected chi connectivity index (χ0v) is 14.1. The molecule has 0 aromatic heterocycles. The van der Waals surface area contributed by atoms with E-state index in [1.807, 2.05) is 62.4 Å². The van der Waals surface area contributed by atoms with Crippen molar-refractivity contribution in [2.75, 3.05) is 6.61 Å². The third-order valence-corrected chi connectivity index (χ3v) is 5.86. The summed E-state index contributed by atoms with van der Waals surface area (Å²) in [5.74, 6) is -0.599. The molecular weight excluding hydrogens is 300 g/mol. The van der Waals surface area contributed by atoms with Crippen LogP contribution in [0.15, 0.2) is 48.5 Å². The second-order valence-corrected chi connectivity index (χ2v) is 7.06. The molecule has 122 valence electrons. The summed E-state index contributed by atoms with van der Waals surface area (Å²) >= 11 is 0. The predicted molar refractivity (Wildman–Crippen MR) is 90.7 cm³/mol. The molecule has 0 amide bonds. The molecule has 0 bridgehead atoms. The van der Waals surface area contributed by atoms with Crippen molar-refractivity contribution in [2.24, 2.45) is 11.3 Å². The Balaban J connectivity index is 1.99. The molecule has 2 aromatic rings. The summed E-state index contributed by atoms with van der Waals surface area (Å²) in [5, 5.41) is 0. The minimum atomic E-state index is -1.07. The first-order valence-electron chi connectivity index (χ1n) is 8.28. The van der Waals surface area contributed by atoms with Crippen molar-refractivity contribution in [3.05, 3.63) is 70.8 Å². The van der Waals surface area contributed by atoms with Crippen molar-refractivity contribution in [3.63, 3.8) is 0 Å². The Morgan fingerprint density at radius 3 is 1.79 bits per heavy atom. The number of fused-ring (bicyclic) bond motifs is 1. The van der Waals surface area contributed by atoms with Crippen LogP contribution < -0.4 is 0 Å². The average molecular weight is 320 g/mol. The zero-order chi connectivity index (χ0) is 17.1. The standard InChI is InChI=1S/C21H20O3/c1-13-4-8-16(9-5-13)21(17-10-6-14(2)7-11-17)18-12-24-19(23)20(18,21)15(3)22/h4-11,18H,12H2,1-3H3. The molecule has 3 nitrogen and oxygen atoms in total. The van der Waals surface area contributed by atoms with Gasteiger partial charge in [0.2, 0.25) is 0 Å². The monoisotopic (exact) mass is 320 g/mol. The molecule has 0 N–H and O–H groups in total. The van der Waals surface area contributed by atoms with Crippen LogP contribution in [0.5, 0.6) is 0 Å². The van der Waals surface area contributed by atoms with Crippen molar-refractivity contribution in [1.82, 2.24) is 0 Å². The van der Waals surface area contributed by atoms with Gasteiger partial charge in [0, 0.05) is 5.92 Å². The molecule has 3 heteroatoms. The van der Waals surface area contributed by atoms with Crippen LogP contribution in [0.1, 0.15) is 29.2 Å². The average Bonchev–Trinajstić information content (AvgIpc) is 3.04. The maximum Gasteiger partial charge on any atom is 0.321 e. The number of aryl methyl sites for hydroxylation is 2. The van der Waals surface area contributed by atoms with Gasteiger partial charge < -0.3 is 4.74 Å². The largest absolute Gasteiger partial charge is 0.464 e. The number of carbonyl (C=O) groups is 2. The number of carbonyl (C=O) groups excluding carboxylic acids is 2. The van der Waals surface area contributed by atoms with E-state index in [0.717, 1.165) is 22.3 Å². The lowest BCUT2D eigenvalue weighted by Crippen LogP contribution is -2.34. The van der Waals surface area contributed by atoms with Crippen molar-refractivity contribution >= 4 is 11.8 Å². The smallest absolute Gasteiger partial charge is 0.321 e. The fourth-order valence-electron chi connectivity index (χ4n) is 4.70. The van der Waals surface area contributed by atoms with Gasteiger partial charge in [-0.2, -0.15) is 0 Å². The number of Topliss-reactive ketones (excluding diaryl/α,β-unsaturated/α-hetero) is 1. The number of ketones is 1. The number of hydrogen-bond donors (Lipinski definition) is 0. The van der Waals surface area contributed by atoms with Crippen LogP contribution in [-0.4, -0.2) is 18.4 Å². The molecule has 2 aromatic carbocycles. The summed E-state index contributed by atoms with van der Waals surface area (Å²) in [4.78, 5) is 25.2. The first kappa shape index (κ1) is 15.1. The number of rotatable bonds is 3. The van der Waals surface area contributed by atoms with Gasteiger partial charge in [0.15, 0.2) is 0 Å². The normalized spacial score (nSPS) is 26.6. The fourth-order valence-corrected chi connectivity index (χ4v) is 4.70. The number of ether oxygens (including phenoxy) is 1. The van der Waals surface area contributed by atoms with Gasteiger partial charge in [-0.05, 0) is 31.9 Å². The maximum atomic E-state index is 12.6. The minimum absolute atomic E-state index is 0.101. The van der Waals surface area contributed by atoms with Crippen LogP contribution in [-0.2, 0) is 19.7 Å². The van der Waals surface area contributed by atoms with E-state index in [2.05, 4.69) is 0 Å². The molecule has 1 heterocycles. The van der Waals surface area contributed by atoms with E-state index >= 15 is 0 Å². The molecular formula is C21H20O3. The van der Waals surface area contributed by atoms with E-state index in [0.29, 0.717) is 6.61 Å². The number of cyclic esters (lactones) is 1. The summed E-state index contributed by atoms with van der Waals surface area (Å²) in [7, 11) is 0. The topological polar surface area (TPSA) is 43.4 Å². The molecule has 0 radical (unpaired) electrons. The molecule has 1 aliphatic heterocycles. The highest BCUT2D eigenvalue weighted by atomic mass is 16.5. The molecule has 2 fully saturated rings. The highest BCUT2D eigenvalue weighted by Crippen LogP contribution is 2.76. The van der Waals surface area contributed by atoms with E-state index < -0.39 is 10.8 Å². The number of hydrogen-bond acceptors (Lipinski definition) is 3. The van der Waals surface area contributed by atoms with E-state index in [4.69, 9.17) is 4.74 Å². The Bertz CT molecular complexity index is 787. The van der Waals surface area contributed by atoms with Crippen LogP contribution in [0.4, 0.5) is 0 Å². The van der Waals surface area contributed by atoms with Gasteiger partial charge >= 0.3 is 5.97 Å². The van der Waals surface area contributed by atoms with E-state index in [1.54, 1.807) is 0 Å². The minimum Gasteiger partial charge on any atom is -0.464 e. The highest BCUT2D eigenvalue weighted by Gasteiger charge is 2.87. The third-order valence-electron chi connectivity index (χ3n) is 5.86. The van der Waals surface area contributed by atoms with E-state index in [1.165, 1.54) is 6.92 Å². The summed E-state index contributed by atoms with van der Waals surface area (Å²) in [6, 6.07) is 16.3. The molecule has 1 saturated heterocycles. The zero-order valence-electron chi connectivity index (χ0n) is 14.1. The lowest BCUT2D eigenvalue weighted by atomic mass is 9.77. The lowest BCUT2D eigenvalue weighted by molar-refractivity contribution is -0.149. The lowest BCUT2D eigenvalue weighted by Gasteiger charge is -2.26. The quantitative estimate of drug-likeness (QED) is 0.643. The van der Waals surface area contributed by atoms with Gasteiger partial charge in [-0.25, -0.2) is 0 Å². The van der Waals surface area contributed by atoms with Gasteiger partial charge in [0.1, 0.15) is 11.2 Å². The fraction of sp³-hybridized carbons (Fsp3) is 0.333. The summed E-state index contributed by atoms with van der Waals surface area (Å²) in [6.07, 6.45) is 0. The molecule has 0 spiro atoms. The second kappa shape index (κ2) is 4.79. The summed E-state index contributed by atoms with van der Waals surface area (Å²) < 4.78 is 5.27. The van der Waals surface area contributed by atoms with Crippen molar-refractivity contribution < 1.29 is 14.3 Å². The molecule has 1 saturated carbocycles.